The van der Waals surface area contributed by atoms with Crippen LogP contribution in [0.15, 0.2) is 48.2 Å². The monoisotopic (exact) mass is 446 g/mol. The number of nitrogens with one attached hydrogen (secondary N) is 2. The summed E-state index contributed by atoms with van der Waals surface area (Å²) in [4.78, 5) is 13.1. The Morgan fingerprint density at radius 2 is 1.67 bits per heavy atom. The molecular formula is C25H26N4O4. The van der Waals surface area contributed by atoms with Crippen LogP contribution in [-0.4, -0.2) is 36.9 Å². The number of aryl methyl sites for hydroxylation is 1. The zero-order valence-electron chi connectivity index (χ0n) is 19.1. The van der Waals surface area contributed by atoms with Crippen molar-refractivity contribution in [3.8, 4) is 28.4 Å². The molecule has 0 spiro atoms. The number of aromatic nitrogens is 2. The van der Waals surface area contributed by atoms with Crippen LogP contribution >= 0.6 is 0 Å². The van der Waals surface area contributed by atoms with E-state index in [1.807, 2.05) is 41.9 Å². The molecule has 8 heteroatoms. The second-order valence-electron chi connectivity index (χ2n) is 8.15. The maximum atomic E-state index is 13.1. The van der Waals surface area contributed by atoms with Gasteiger partial charge in [-0.05, 0) is 42.5 Å². The third-order valence-electron chi connectivity index (χ3n) is 6.28. The van der Waals surface area contributed by atoms with E-state index in [2.05, 4.69) is 23.0 Å². The summed E-state index contributed by atoms with van der Waals surface area (Å²) in [7, 11) is 4.76. The zero-order valence-corrected chi connectivity index (χ0v) is 19.1. The molecule has 0 bridgehead atoms. The van der Waals surface area contributed by atoms with E-state index in [-0.39, 0.29) is 11.7 Å². The predicted molar refractivity (Wildman–Crippen MR) is 125 cm³/mol. The number of ketones is 1. The molecule has 1 aliphatic heterocycles. The summed E-state index contributed by atoms with van der Waals surface area (Å²) in [5, 5.41) is 4.80. The number of fused-ring (bicyclic) bond motifs is 2. The molecule has 1 atom stereocenters. The SMILES string of the molecule is COc1cc(C2CC(=O)C3=C(C2)n2nc(C)c(-c4ccccc4)c2NN3)cc(OC)c1OC. The van der Waals surface area contributed by atoms with Crippen molar-refractivity contribution in [2.75, 3.05) is 26.8 Å². The van der Waals surface area contributed by atoms with Gasteiger partial charge in [0.2, 0.25) is 5.75 Å². The third-order valence-corrected chi connectivity index (χ3v) is 6.28. The molecule has 0 fully saturated rings. The molecule has 0 saturated heterocycles. The van der Waals surface area contributed by atoms with Gasteiger partial charge in [0.15, 0.2) is 23.1 Å². The number of nitrogens with zero attached hydrogens (tertiary/aromatic N) is 2. The summed E-state index contributed by atoms with van der Waals surface area (Å²) in [6, 6.07) is 14.0. The predicted octanol–water partition coefficient (Wildman–Crippen LogP) is 4.13. The van der Waals surface area contributed by atoms with Gasteiger partial charge in [0.1, 0.15) is 5.70 Å². The zero-order chi connectivity index (χ0) is 23.1. The molecule has 1 aliphatic carbocycles. The Hall–Kier alpha value is -3.94. The smallest absolute Gasteiger partial charge is 0.203 e. The minimum atomic E-state index is -0.0533. The molecule has 2 heterocycles. The number of ether oxygens (including phenoxy) is 3. The highest BCUT2D eigenvalue weighted by molar-refractivity contribution is 6.03. The van der Waals surface area contributed by atoms with Gasteiger partial charge in [-0.1, -0.05) is 30.3 Å². The fraction of sp³-hybridized carbons (Fsp3) is 0.280. The highest BCUT2D eigenvalue weighted by atomic mass is 16.5. The van der Waals surface area contributed by atoms with Gasteiger partial charge in [-0.3, -0.25) is 15.6 Å². The number of carbonyl (C=O) groups is 1. The van der Waals surface area contributed by atoms with Crippen LogP contribution in [0.3, 0.4) is 0 Å². The number of hydrogen-bond donors (Lipinski definition) is 2. The van der Waals surface area contributed by atoms with Crippen molar-refractivity contribution in [2.45, 2.75) is 25.7 Å². The first kappa shape index (κ1) is 20.9. The molecular weight excluding hydrogens is 420 g/mol. The van der Waals surface area contributed by atoms with Crippen molar-refractivity contribution in [3.63, 3.8) is 0 Å². The number of Topliss-reactive ketones (excluding diaryl/α,β-unsaturated/α-hetero) is 1. The standard InChI is InChI=1S/C25H26N4O4/c1-14-22(15-8-6-5-7-9-15)25-27-26-23-18(29(25)28-14)10-16(11-19(23)30)17-12-20(31-2)24(33-4)21(13-17)32-3/h5-9,12-13,16,26-27H,10-11H2,1-4H3. The Morgan fingerprint density at radius 3 is 2.30 bits per heavy atom. The second-order valence-corrected chi connectivity index (χ2v) is 8.15. The Bertz CT molecular complexity index is 1240. The number of hydrogen-bond acceptors (Lipinski definition) is 7. The number of anilines is 1. The summed E-state index contributed by atoms with van der Waals surface area (Å²) in [5.41, 5.74) is 11.7. The number of rotatable bonds is 5. The maximum absolute atomic E-state index is 13.1. The van der Waals surface area contributed by atoms with Crippen LogP contribution in [0, 0.1) is 6.92 Å². The van der Waals surface area contributed by atoms with E-state index in [1.54, 1.807) is 21.3 Å². The molecule has 0 saturated carbocycles. The van der Waals surface area contributed by atoms with E-state index < -0.39 is 0 Å². The Balaban J connectivity index is 1.57. The normalized spacial score (nSPS) is 17.0. The summed E-state index contributed by atoms with van der Waals surface area (Å²) in [5.74, 6) is 2.49. The highest BCUT2D eigenvalue weighted by Gasteiger charge is 2.35. The van der Waals surface area contributed by atoms with E-state index in [9.17, 15) is 4.79 Å². The third kappa shape index (κ3) is 3.38. The van der Waals surface area contributed by atoms with Crippen molar-refractivity contribution >= 4 is 17.3 Å². The van der Waals surface area contributed by atoms with Crippen LogP contribution < -0.4 is 25.1 Å². The average molecular weight is 447 g/mol. The Labute approximate surface area is 192 Å². The van der Waals surface area contributed by atoms with Gasteiger partial charge in [-0.25, -0.2) is 4.68 Å². The maximum Gasteiger partial charge on any atom is 0.203 e. The van der Waals surface area contributed by atoms with Gasteiger partial charge in [-0.2, -0.15) is 5.10 Å². The van der Waals surface area contributed by atoms with Crippen LogP contribution in [0.25, 0.3) is 16.8 Å². The van der Waals surface area contributed by atoms with E-state index in [0.29, 0.717) is 35.8 Å². The van der Waals surface area contributed by atoms with Gasteiger partial charge < -0.3 is 14.2 Å². The molecule has 0 radical (unpaired) electrons. The first-order valence-corrected chi connectivity index (χ1v) is 10.8. The van der Waals surface area contributed by atoms with Crippen LogP contribution in [0.5, 0.6) is 17.2 Å². The van der Waals surface area contributed by atoms with Crippen LogP contribution in [0.2, 0.25) is 0 Å². The molecule has 8 nitrogen and oxygen atoms in total. The van der Waals surface area contributed by atoms with E-state index in [0.717, 1.165) is 33.9 Å². The number of benzene rings is 2. The molecule has 5 rings (SSSR count). The van der Waals surface area contributed by atoms with Gasteiger partial charge in [0.05, 0.1) is 32.7 Å². The van der Waals surface area contributed by atoms with Crippen molar-refractivity contribution in [3.05, 3.63) is 59.4 Å². The van der Waals surface area contributed by atoms with Crippen molar-refractivity contribution in [1.29, 1.82) is 0 Å². The van der Waals surface area contributed by atoms with Crippen LogP contribution in [0.1, 0.15) is 30.0 Å². The molecule has 0 amide bonds. The quantitative estimate of drug-likeness (QED) is 0.609. The van der Waals surface area contributed by atoms with E-state index >= 15 is 0 Å². The first-order chi connectivity index (χ1) is 16.0. The fourth-order valence-electron chi connectivity index (χ4n) is 4.71. The van der Waals surface area contributed by atoms with Gasteiger partial charge in [-0.15, -0.1) is 0 Å². The first-order valence-electron chi connectivity index (χ1n) is 10.8. The largest absolute Gasteiger partial charge is 0.493 e. The summed E-state index contributed by atoms with van der Waals surface area (Å²) >= 11 is 0. The molecule has 3 aromatic rings. The lowest BCUT2D eigenvalue weighted by atomic mass is 9.83. The molecule has 1 aromatic heterocycles. The highest BCUT2D eigenvalue weighted by Crippen LogP contribution is 2.45. The van der Waals surface area contributed by atoms with Crippen molar-refractivity contribution in [1.82, 2.24) is 15.2 Å². The molecule has 33 heavy (non-hydrogen) atoms. The van der Waals surface area contributed by atoms with Gasteiger partial charge in [0, 0.05) is 12.0 Å². The van der Waals surface area contributed by atoms with E-state index in [4.69, 9.17) is 19.3 Å². The molecule has 2 aliphatic rings. The average Bonchev–Trinajstić information content (AvgIpc) is 3.19. The van der Waals surface area contributed by atoms with Gasteiger partial charge in [0.25, 0.3) is 0 Å². The van der Waals surface area contributed by atoms with Crippen LogP contribution in [0.4, 0.5) is 5.82 Å². The number of allylic oxidation sites excluding steroid dienone is 2. The number of methoxy groups -OCH3 is 3. The lowest BCUT2D eigenvalue weighted by Gasteiger charge is -2.32. The molecule has 170 valence electrons. The van der Waals surface area contributed by atoms with Crippen molar-refractivity contribution < 1.29 is 19.0 Å². The minimum absolute atomic E-state index is 0.0302. The lowest BCUT2D eigenvalue weighted by Crippen LogP contribution is -2.37. The molecule has 2 N–H and O–H groups in total. The number of hydrazine groups is 1. The lowest BCUT2D eigenvalue weighted by molar-refractivity contribution is -0.116. The number of carbonyl (C=O) groups excluding carboxylic acids is 1. The van der Waals surface area contributed by atoms with E-state index in [1.165, 1.54) is 0 Å². The summed E-state index contributed by atoms with van der Waals surface area (Å²) < 4.78 is 18.4. The van der Waals surface area contributed by atoms with Gasteiger partial charge >= 0.3 is 0 Å². The minimum Gasteiger partial charge on any atom is -0.493 e. The molecule has 2 aromatic carbocycles. The van der Waals surface area contributed by atoms with Crippen LogP contribution in [-0.2, 0) is 4.79 Å². The Morgan fingerprint density at radius 1 is 0.970 bits per heavy atom. The summed E-state index contributed by atoms with van der Waals surface area (Å²) in [6.07, 6.45) is 1.00. The van der Waals surface area contributed by atoms with Crippen molar-refractivity contribution in [2.24, 2.45) is 0 Å². The molecule has 1 unspecified atom stereocenters. The Kier molecular flexibility index (Phi) is 5.20. The second kappa shape index (κ2) is 8.20. The topological polar surface area (TPSA) is 86.6 Å². The fourth-order valence-corrected chi connectivity index (χ4v) is 4.71. The summed E-state index contributed by atoms with van der Waals surface area (Å²) in [6.45, 7) is 1.98.